The first-order valence-electron chi connectivity index (χ1n) is 5.98. The molecule has 0 unspecified atom stereocenters. The molecule has 0 radical (unpaired) electrons. The van der Waals surface area contributed by atoms with Gasteiger partial charge in [0.2, 0.25) is 0 Å². The summed E-state index contributed by atoms with van der Waals surface area (Å²) in [5, 5.41) is 9.64. The molecule has 1 fully saturated rings. The molecule has 2 nitrogen and oxygen atoms in total. The van der Waals surface area contributed by atoms with Crippen LogP contribution in [-0.2, 0) is 10.2 Å². The summed E-state index contributed by atoms with van der Waals surface area (Å²) in [6.07, 6.45) is 3.52. The molecule has 0 spiro atoms. The number of carboxylic acid groups (broad SMARTS) is 1. The van der Waals surface area contributed by atoms with Gasteiger partial charge in [0, 0.05) is 4.47 Å². The fourth-order valence-corrected chi connectivity index (χ4v) is 3.73. The van der Waals surface area contributed by atoms with Gasteiger partial charge in [0.25, 0.3) is 0 Å². The number of hydrogen-bond acceptors (Lipinski definition) is 1. The lowest BCUT2D eigenvalue weighted by Crippen LogP contribution is -2.34. The van der Waals surface area contributed by atoms with Gasteiger partial charge in [0.05, 0.1) is 5.41 Å². The fourth-order valence-electron chi connectivity index (χ4n) is 2.92. The Labute approximate surface area is 110 Å². The Bertz CT molecular complexity index is 460. The number of hydrogen-bond donors (Lipinski definition) is 1. The van der Waals surface area contributed by atoms with Gasteiger partial charge in [0.15, 0.2) is 0 Å². The quantitative estimate of drug-likeness (QED) is 0.897. The van der Waals surface area contributed by atoms with E-state index in [-0.39, 0.29) is 0 Å². The van der Waals surface area contributed by atoms with E-state index in [9.17, 15) is 9.90 Å². The maximum Gasteiger partial charge on any atom is 0.314 e. The van der Waals surface area contributed by atoms with Crippen molar-refractivity contribution in [2.75, 3.05) is 0 Å². The van der Waals surface area contributed by atoms with Crippen LogP contribution < -0.4 is 0 Å². The highest BCUT2D eigenvalue weighted by molar-refractivity contribution is 9.10. The van der Waals surface area contributed by atoms with Crippen LogP contribution in [0.2, 0.25) is 0 Å². The van der Waals surface area contributed by atoms with Crippen LogP contribution in [0, 0.1) is 13.8 Å². The normalized spacial score (nSPS) is 18.3. The van der Waals surface area contributed by atoms with Gasteiger partial charge in [-0.25, -0.2) is 0 Å². The minimum Gasteiger partial charge on any atom is -0.481 e. The van der Waals surface area contributed by atoms with Gasteiger partial charge >= 0.3 is 5.97 Å². The third-order valence-corrected chi connectivity index (χ3v) is 4.69. The summed E-state index contributed by atoms with van der Waals surface area (Å²) in [5.74, 6) is -0.676. The summed E-state index contributed by atoms with van der Waals surface area (Å²) in [4.78, 5) is 11.7. The van der Waals surface area contributed by atoms with E-state index in [1.54, 1.807) is 0 Å². The van der Waals surface area contributed by atoms with Gasteiger partial charge in [-0.2, -0.15) is 0 Å². The average Bonchev–Trinajstić information content (AvgIpc) is 2.74. The van der Waals surface area contributed by atoms with Gasteiger partial charge in [-0.1, -0.05) is 34.8 Å². The van der Waals surface area contributed by atoms with Crippen LogP contribution in [0.5, 0.6) is 0 Å². The van der Waals surface area contributed by atoms with E-state index in [2.05, 4.69) is 15.9 Å². The predicted octanol–water partition coefficient (Wildman–Crippen LogP) is 3.96. The predicted molar refractivity (Wildman–Crippen MR) is 71.4 cm³/mol. The summed E-state index contributed by atoms with van der Waals surface area (Å²) < 4.78 is 0.935. The van der Waals surface area contributed by atoms with Crippen molar-refractivity contribution >= 4 is 21.9 Å². The maximum atomic E-state index is 11.7. The Hall–Kier alpha value is -0.830. The molecule has 1 aromatic rings. The molecular weight excluding hydrogens is 280 g/mol. The topological polar surface area (TPSA) is 37.3 Å². The molecule has 0 aromatic heterocycles. The van der Waals surface area contributed by atoms with Crippen molar-refractivity contribution in [2.24, 2.45) is 0 Å². The molecule has 0 aliphatic heterocycles. The lowest BCUT2D eigenvalue weighted by Gasteiger charge is -2.28. The minimum atomic E-state index is -0.676. The highest BCUT2D eigenvalue weighted by Crippen LogP contribution is 2.46. The number of halogens is 1. The van der Waals surface area contributed by atoms with Crippen LogP contribution in [0.15, 0.2) is 16.6 Å². The largest absolute Gasteiger partial charge is 0.481 e. The first-order valence-corrected chi connectivity index (χ1v) is 6.78. The number of aliphatic carboxylic acids is 1. The number of benzene rings is 1. The van der Waals surface area contributed by atoms with Crippen LogP contribution >= 0.6 is 15.9 Å². The Kier molecular flexibility index (Phi) is 3.30. The molecule has 1 saturated carbocycles. The Morgan fingerprint density at radius 1 is 1.29 bits per heavy atom. The SMILES string of the molecule is Cc1ccc(Br)c(C2(C(=O)O)CCCC2)c1C. The van der Waals surface area contributed by atoms with Gasteiger partial charge in [0.1, 0.15) is 0 Å². The second kappa shape index (κ2) is 4.45. The van der Waals surface area contributed by atoms with Crippen molar-refractivity contribution in [2.45, 2.75) is 44.9 Å². The summed E-state index contributed by atoms with van der Waals surface area (Å²) in [6, 6.07) is 4.01. The van der Waals surface area contributed by atoms with Crippen molar-refractivity contribution in [1.29, 1.82) is 0 Å². The standard InChI is InChI=1S/C14H17BrO2/c1-9-5-6-11(15)12(10(9)2)14(13(16)17)7-3-4-8-14/h5-6H,3-4,7-8H2,1-2H3,(H,16,17). The Morgan fingerprint density at radius 3 is 2.41 bits per heavy atom. The summed E-state index contributed by atoms with van der Waals surface area (Å²) in [5.41, 5.74) is 2.59. The molecule has 0 saturated heterocycles. The molecule has 3 heteroatoms. The lowest BCUT2D eigenvalue weighted by atomic mass is 9.76. The zero-order chi connectivity index (χ0) is 12.6. The third kappa shape index (κ3) is 1.90. The molecule has 17 heavy (non-hydrogen) atoms. The minimum absolute atomic E-state index is 0.672. The van der Waals surface area contributed by atoms with Crippen LogP contribution in [0.4, 0.5) is 0 Å². The molecule has 1 aromatic carbocycles. The van der Waals surface area contributed by atoms with Crippen molar-refractivity contribution in [1.82, 2.24) is 0 Å². The molecular formula is C14H17BrO2. The first kappa shape index (κ1) is 12.6. The van der Waals surface area contributed by atoms with Gasteiger partial charge in [-0.15, -0.1) is 0 Å². The lowest BCUT2D eigenvalue weighted by molar-refractivity contribution is -0.143. The van der Waals surface area contributed by atoms with E-state index >= 15 is 0 Å². The van der Waals surface area contributed by atoms with E-state index in [4.69, 9.17) is 0 Å². The van der Waals surface area contributed by atoms with E-state index in [0.717, 1.165) is 46.8 Å². The zero-order valence-electron chi connectivity index (χ0n) is 10.2. The van der Waals surface area contributed by atoms with E-state index in [1.807, 2.05) is 26.0 Å². The summed E-state index contributed by atoms with van der Waals surface area (Å²) in [6.45, 7) is 4.06. The Morgan fingerprint density at radius 2 is 1.88 bits per heavy atom. The molecule has 0 amide bonds. The molecule has 0 atom stereocenters. The Balaban J connectivity index is 2.66. The van der Waals surface area contributed by atoms with E-state index in [0.29, 0.717) is 0 Å². The molecule has 2 rings (SSSR count). The molecule has 1 N–H and O–H groups in total. The number of carbonyl (C=O) groups is 1. The van der Waals surface area contributed by atoms with Gasteiger partial charge in [-0.3, -0.25) is 4.79 Å². The maximum absolute atomic E-state index is 11.7. The van der Waals surface area contributed by atoms with Crippen molar-refractivity contribution < 1.29 is 9.90 Å². The third-order valence-electron chi connectivity index (χ3n) is 4.03. The first-order chi connectivity index (χ1) is 7.99. The zero-order valence-corrected chi connectivity index (χ0v) is 11.8. The summed E-state index contributed by atoms with van der Waals surface area (Å²) >= 11 is 3.53. The van der Waals surface area contributed by atoms with Crippen molar-refractivity contribution in [3.05, 3.63) is 33.3 Å². The molecule has 1 aliphatic carbocycles. The molecule has 0 bridgehead atoms. The highest BCUT2D eigenvalue weighted by atomic mass is 79.9. The highest BCUT2D eigenvalue weighted by Gasteiger charge is 2.45. The fraction of sp³-hybridized carbons (Fsp3) is 0.500. The van der Waals surface area contributed by atoms with Crippen LogP contribution in [0.25, 0.3) is 0 Å². The second-order valence-corrected chi connectivity index (χ2v) is 5.81. The summed E-state index contributed by atoms with van der Waals surface area (Å²) in [7, 11) is 0. The van der Waals surface area contributed by atoms with Gasteiger partial charge in [-0.05, 0) is 49.4 Å². The van der Waals surface area contributed by atoms with Crippen LogP contribution in [0.1, 0.15) is 42.4 Å². The number of rotatable bonds is 2. The number of aryl methyl sites for hydroxylation is 1. The molecule has 0 heterocycles. The monoisotopic (exact) mass is 296 g/mol. The molecule has 1 aliphatic rings. The van der Waals surface area contributed by atoms with Crippen LogP contribution in [-0.4, -0.2) is 11.1 Å². The van der Waals surface area contributed by atoms with Crippen LogP contribution in [0.3, 0.4) is 0 Å². The smallest absolute Gasteiger partial charge is 0.314 e. The van der Waals surface area contributed by atoms with E-state index < -0.39 is 11.4 Å². The molecule has 92 valence electrons. The van der Waals surface area contributed by atoms with Gasteiger partial charge < -0.3 is 5.11 Å². The van der Waals surface area contributed by atoms with Crippen molar-refractivity contribution in [3.63, 3.8) is 0 Å². The van der Waals surface area contributed by atoms with Crippen molar-refractivity contribution in [3.8, 4) is 0 Å². The van der Waals surface area contributed by atoms with E-state index in [1.165, 1.54) is 0 Å². The number of carboxylic acids is 1. The second-order valence-electron chi connectivity index (χ2n) is 4.96. The average molecular weight is 297 g/mol.